The summed E-state index contributed by atoms with van der Waals surface area (Å²) in [7, 11) is 0. The average molecular weight is 257 g/mol. The van der Waals surface area contributed by atoms with E-state index in [9.17, 15) is 9.59 Å². The molecule has 2 atom stereocenters. The number of rotatable bonds is 2. The molecule has 0 spiro atoms. The van der Waals surface area contributed by atoms with Gasteiger partial charge in [-0.15, -0.1) is 0 Å². The van der Waals surface area contributed by atoms with Crippen LogP contribution in [0.3, 0.4) is 0 Å². The Morgan fingerprint density at radius 2 is 1.95 bits per heavy atom. The van der Waals surface area contributed by atoms with E-state index in [0.29, 0.717) is 24.1 Å². The number of carboxylic acids is 1. The Morgan fingerprint density at radius 1 is 1.26 bits per heavy atom. The fraction of sp³-hybridized carbons (Fsp3) is 0.333. The molecular formula is C15H15NO3. The molecule has 4 nitrogen and oxygen atoms in total. The first kappa shape index (κ1) is 12.0. The van der Waals surface area contributed by atoms with E-state index in [1.54, 1.807) is 11.0 Å². The van der Waals surface area contributed by atoms with Crippen LogP contribution in [0.15, 0.2) is 30.8 Å². The van der Waals surface area contributed by atoms with Crippen molar-refractivity contribution in [2.45, 2.75) is 25.3 Å². The Morgan fingerprint density at radius 3 is 2.53 bits per heavy atom. The SMILES string of the molecule is C=C1c2ccccc2C(=O)N1[C@H]1CC[C@@H](C(=O)O)C1. The van der Waals surface area contributed by atoms with E-state index < -0.39 is 5.97 Å². The Labute approximate surface area is 111 Å². The van der Waals surface area contributed by atoms with Crippen molar-refractivity contribution in [3.8, 4) is 0 Å². The van der Waals surface area contributed by atoms with Gasteiger partial charge in [0.1, 0.15) is 0 Å². The molecule has 0 saturated heterocycles. The van der Waals surface area contributed by atoms with Crippen LogP contribution in [-0.4, -0.2) is 27.9 Å². The van der Waals surface area contributed by atoms with E-state index in [2.05, 4.69) is 6.58 Å². The minimum Gasteiger partial charge on any atom is -0.481 e. The van der Waals surface area contributed by atoms with Gasteiger partial charge in [-0.3, -0.25) is 9.59 Å². The number of carboxylic acid groups (broad SMARTS) is 1. The number of nitrogens with zero attached hydrogens (tertiary/aromatic N) is 1. The van der Waals surface area contributed by atoms with Gasteiger partial charge in [-0.05, 0) is 25.3 Å². The first-order valence-electron chi connectivity index (χ1n) is 6.44. The summed E-state index contributed by atoms with van der Waals surface area (Å²) < 4.78 is 0. The predicted octanol–water partition coefficient (Wildman–Crippen LogP) is 2.37. The quantitative estimate of drug-likeness (QED) is 0.884. The van der Waals surface area contributed by atoms with Gasteiger partial charge in [-0.25, -0.2) is 0 Å². The van der Waals surface area contributed by atoms with Gasteiger partial charge in [-0.2, -0.15) is 0 Å². The second kappa shape index (κ2) is 4.23. The molecular weight excluding hydrogens is 242 g/mol. The summed E-state index contributed by atoms with van der Waals surface area (Å²) in [6.45, 7) is 4.00. The van der Waals surface area contributed by atoms with Crippen molar-refractivity contribution in [1.29, 1.82) is 0 Å². The van der Waals surface area contributed by atoms with E-state index in [-0.39, 0.29) is 17.9 Å². The maximum absolute atomic E-state index is 12.4. The van der Waals surface area contributed by atoms with Gasteiger partial charge in [0.25, 0.3) is 5.91 Å². The van der Waals surface area contributed by atoms with Crippen LogP contribution < -0.4 is 0 Å². The van der Waals surface area contributed by atoms with E-state index in [0.717, 1.165) is 12.0 Å². The van der Waals surface area contributed by atoms with Crippen molar-refractivity contribution in [2.75, 3.05) is 0 Å². The number of fused-ring (bicyclic) bond motifs is 1. The zero-order chi connectivity index (χ0) is 13.6. The van der Waals surface area contributed by atoms with E-state index >= 15 is 0 Å². The summed E-state index contributed by atoms with van der Waals surface area (Å²) in [6, 6.07) is 7.37. The lowest BCUT2D eigenvalue weighted by Crippen LogP contribution is -2.33. The minimum atomic E-state index is -0.766. The molecule has 1 aliphatic heterocycles. The number of aliphatic carboxylic acids is 1. The number of hydrogen-bond acceptors (Lipinski definition) is 2. The van der Waals surface area contributed by atoms with Crippen LogP contribution in [0.4, 0.5) is 0 Å². The normalized spacial score (nSPS) is 25.8. The van der Waals surface area contributed by atoms with Crippen molar-refractivity contribution >= 4 is 17.6 Å². The molecule has 1 aliphatic carbocycles. The molecule has 1 aromatic carbocycles. The van der Waals surface area contributed by atoms with Gasteiger partial charge in [0, 0.05) is 22.9 Å². The van der Waals surface area contributed by atoms with Gasteiger partial charge >= 0.3 is 5.97 Å². The van der Waals surface area contributed by atoms with Gasteiger partial charge in [0.05, 0.1) is 5.92 Å². The standard InChI is InChI=1S/C15H15NO3/c1-9-12-4-2-3-5-13(12)14(17)16(9)11-7-6-10(8-11)15(18)19/h2-5,10-11H,1,6-8H2,(H,18,19)/t10-,11+/m1/s1. The molecule has 0 radical (unpaired) electrons. The maximum atomic E-state index is 12.4. The first-order chi connectivity index (χ1) is 9.09. The molecule has 98 valence electrons. The Kier molecular flexibility index (Phi) is 2.66. The van der Waals surface area contributed by atoms with Crippen molar-refractivity contribution in [2.24, 2.45) is 5.92 Å². The summed E-state index contributed by atoms with van der Waals surface area (Å²) in [5.41, 5.74) is 2.24. The molecule has 0 bridgehead atoms. The summed E-state index contributed by atoms with van der Waals surface area (Å²) >= 11 is 0. The Bertz CT molecular complexity index is 544. The van der Waals surface area contributed by atoms with Crippen molar-refractivity contribution < 1.29 is 14.7 Å². The molecule has 1 saturated carbocycles. The van der Waals surface area contributed by atoms with E-state index in [1.165, 1.54) is 0 Å². The molecule has 0 aromatic heterocycles. The summed E-state index contributed by atoms with van der Waals surface area (Å²) in [4.78, 5) is 25.1. The topological polar surface area (TPSA) is 57.6 Å². The smallest absolute Gasteiger partial charge is 0.306 e. The summed E-state index contributed by atoms with van der Waals surface area (Å²) in [5, 5.41) is 9.05. The van der Waals surface area contributed by atoms with Crippen LogP contribution >= 0.6 is 0 Å². The average Bonchev–Trinajstić information content (AvgIpc) is 2.96. The lowest BCUT2D eigenvalue weighted by atomic mass is 10.1. The zero-order valence-corrected chi connectivity index (χ0v) is 10.5. The Hall–Kier alpha value is -2.10. The second-order valence-corrected chi connectivity index (χ2v) is 5.17. The lowest BCUT2D eigenvalue weighted by Gasteiger charge is -2.25. The molecule has 19 heavy (non-hydrogen) atoms. The largest absolute Gasteiger partial charge is 0.481 e. The Balaban J connectivity index is 1.87. The molecule has 2 aliphatic rings. The molecule has 1 aromatic rings. The first-order valence-corrected chi connectivity index (χ1v) is 6.44. The van der Waals surface area contributed by atoms with E-state index in [1.807, 2.05) is 18.2 Å². The zero-order valence-electron chi connectivity index (χ0n) is 10.5. The number of carbonyl (C=O) groups is 2. The highest BCUT2D eigenvalue weighted by Gasteiger charge is 2.40. The van der Waals surface area contributed by atoms with Crippen molar-refractivity contribution in [1.82, 2.24) is 4.90 Å². The molecule has 1 amide bonds. The highest BCUT2D eigenvalue weighted by molar-refractivity contribution is 6.09. The predicted molar refractivity (Wildman–Crippen MR) is 70.4 cm³/mol. The summed E-state index contributed by atoms with van der Waals surface area (Å²) in [5.74, 6) is -1.15. The third-order valence-electron chi connectivity index (χ3n) is 4.10. The number of benzene rings is 1. The number of amides is 1. The van der Waals surface area contributed by atoms with Crippen molar-refractivity contribution in [3.63, 3.8) is 0 Å². The minimum absolute atomic E-state index is 0.0338. The second-order valence-electron chi connectivity index (χ2n) is 5.17. The van der Waals surface area contributed by atoms with Crippen LogP contribution in [0.5, 0.6) is 0 Å². The molecule has 3 rings (SSSR count). The monoisotopic (exact) mass is 257 g/mol. The van der Waals surface area contributed by atoms with Gasteiger partial charge in [0.2, 0.25) is 0 Å². The number of carbonyl (C=O) groups excluding carboxylic acids is 1. The van der Waals surface area contributed by atoms with Gasteiger partial charge < -0.3 is 10.0 Å². The molecule has 1 heterocycles. The van der Waals surface area contributed by atoms with Crippen LogP contribution in [0.2, 0.25) is 0 Å². The molecule has 0 unspecified atom stereocenters. The van der Waals surface area contributed by atoms with Crippen LogP contribution in [0.25, 0.3) is 5.70 Å². The van der Waals surface area contributed by atoms with Crippen LogP contribution in [0, 0.1) is 5.92 Å². The van der Waals surface area contributed by atoms with E-state index in [4.69, 9.17) is 5.11 Å². The number of hydrogen-bond donors (Lipinski definition) is 1. The fourth-order valence-electron chi connectivity index (χ4n) is 3.11. The summed E-state index contributed by atoms with van der Waals surface area (Å²) in [6.07, 6.45) is 1.89. The third-order valence-corrected chi connectivity index (χ3v) is 4.10. The third kappa shape index (κ3) is 1.75. The lowest BCUT2D eigenvalue weighted by molar-refractivity contribution is -0.141. The molecule has 1 N–H and O–H groups in total. The highest BCUT2D eigenvalue weighted by atomic mass is 16.4. The van der Waals surface area contributed by atoms with Gasteiger partial charge in [-0.1, -0.05) is 24.8 Å². The van der Waals surface area contributed by atoms with Crippen molar-refractivity contribution in [3.05, 3.63) is 42.0 Å². The fourth-order valence-corrected chi connectivity index (χ4v) is 3.11. The maximum Gasteiger partial charge on any atom is 0.306 e. The van der Waals surface area contributed by atoms with Gasteiger partial charge in [0.15, 0.2) is 0 Å². The molecule has 1 fully saturated rings. The van der Waals surface area contributed by atoms with Crippen LogP contribution in [-0.2, 0) is 4.79 Å². The van der Waals surface area contributed by atoms with Crippen LogP contribution in [0.1, 0.15) is 35.2 Å². The highest BCUT2D eigenvalue weighted by Crippen LogP contribution is 2.39. The molecule has 4 heteroatoms.